The van der Waals surface area contributed by atoms with E-state index in [2.05, 4.69) is 22.9 Å². The van der Waals surface area contributed by atoms with Crippen molar-refractivity contribution < 1.29 is 0 Å². The molecule has 0 radical (unpaired) electrons. The molecule has 0 atom stereocenters. The molecule has 0 unspecified atom stereocenters. The van der Waals surface area contributed by atoms with Gasteiger partial charge in [0.25, 0.3) is 0 Å². The van der Waals surface area contributed by atoms with Gasteiger partial charge in [0.05, 0.1) is 0 Å². The van der Waals surface area contributed by atoms with Gasteiger partial charge in [0.2, 0.25) is 0 Å². The molecule has 0 aromatic carbocycles. The third-order valence-corrected chi connectivity index (χ3v) is 3.05. The first-order valence-electron chi connectivity index (χ1n) is 5.89. The highest BCUT2D eigenvalue weighted by Crippen LogP contribution is 2.30. The molecular weight excluding hydrogens is 198 g/mol. The third kappa shape index (κ3) is 2.80. The van der Waals surface area contributed by atoms with E-state index in [4.69, 9.17) is 5.26 Å². The number of rotatable bonds is 5. The molecule has 1 aromatic heterocycles. The molecule has 1 aromatic rings. The number of hydrogen-bond donors (Lipinski definition) is 0. The molecule has 0 spiro atoms. The zero-order valence-electron chi connectivity index (χ0n) is 9.69. The Hall–Kier alpha value is -1.40. The van der Waals surface area contributed by atoms with Crippen molar-refractivity contribution in [3.63, 3.8) is 0 Å². The first-order chi connectivity index (χ1) is 7.83. The van der Waals surface area contributed by atoms with E-state index in [9.17, 15) is 0 Å². The Morgan fingerprint density at radius 3 is 3.00 bits per heavy atom. The third-order valence-electron chi connectivity index (χ3n) is 3.05. The van der Waals surface area contributed by atoms with Crippen LogP contribution in [0.3, 0.4) is 0 Å². The van der Waals surface area contributed by atoms with Crippen LogP contribution >= 0.6 is 0 Å². The van der Waals surface area contributed by atoms with Crippen molar-refractivity contribution in [3.05, 3.63) is 29.6 Å². The van der Waals surface area contributed by atoms with Gasteiger partial charge in [0.1, 0.15) is 11.8 Å². The molecule has 0 bridgehead atoms. The molecule has 16 heavy (non-hydrogen) atoms. The predicted molar refractivity (Wildman–Crippen MR) is 62.6 cm³/mol. The summed E-state index contributed by atoms with van der Waals surface area (Å²) in [6, 6.07) is 6.06. The molecule has 84 valence electrons. The van der Waals surface area contributed by atoms with Crippen molar-refractivity contribution >= 4 is 0 Å². The van der Waals surface area contributed by atoms with Gasteiger partial charge in [0, 0.05) is 24.8 Å². The van der Waals surface area contributed by atoms with Crippen molar-refractivity contribution in [2.75, 3.05) is 13.1 Å². The SMILES string of the molecule is CCN(Cc1cccnc1C#N)CC1CC1. The lowest BCUT2D eigenvalue weighted by molar-refractivity contribution is 0.268. The van der Waals surface area contributed by atoms with Crippen LogP contribution in [0, 0.1) is 17.2 Å². The van der Waals surface area contributed by atoms with Crippen molar-refractivity contribution in [3.8, 4) is 6.07 Å². The lowest BCUT2D eigenvalue weighted by Gasteiger charge is -2.20. The van der Waals surface area contributed by atoms with Crippen LogP contribution < -0.4 is 0 Å². The topological polar surface area (TPSA) is 39.9 Å². The van der Waals surface area contributed by atoms with Crippen molar-refractivity contribution in [2.45, 2.75) is 26.3 Å². The Morgan fingerprint density at radius 1 is 1.56 bits per heavy atom. The molecular formula is C13H17N3. The quantitative estimate of drug-likeness (QED) is 0.755. The normalized spacial score (nSPS) is 15.1. The molecule has 1 aliphatic carbocycles. The fourth-order valence-electron chi connectivity index (χ4n) is 1.88. The molecule has 3 heteroatoms. The second kappa shape index (κ2) is 5.09. The van der Waals surface area contributed by atoms with E-state index in [-0.39, 0.29) is 0 Å². The summed E-state index contributed by atoms with van der Waals surface area (Å²) in [7, 11) is 0. The van der Waals surface area contributed by atoms with Crippen LogP contribution in [0.4, 0.5) is 0 Å². The van der Waals surface area contributed by atoms with Gasteiger partial charge in [-0.25, -0.2) is 4.98 Å². The predicted octanol–water partition coefficient (Wildman–Crippen LogP) is 2.19. The minimum Gasteiger partial charge on any atom is -0.299 e. The largest absolute Gasteiger partial charge is 0.299 e. The minimum absolute atomic E-state index is 0.566. The van der Waals surface area contributed by atoms with Crippen LogP contribution in [-0.2, 0) is 6.54 Å². The van der Waals surface area contributed by atoms with E-state index in [1.807, 2.05) is 12.1 Å². The molecule has 1 heterocycles. The van der Waals surface area contributed by atoms with Crippen LogP contribution in [0.15, 0.2) is 18.3 Å². The monoisotopic (exact) mass is 215 g/mol. The highest BCUT2D eigenvalue weighted by Gasteiger charge is 2.23. The standard InChI is InChI=1S/C13H17N3/c1-2-16(9-11-5-6-11)10-12-4-3-7-15-13(12)8-14/h3-4,7,11H,2,5-6,9-10H2,1H3. The van der Waals surface area contributed by atoms with E-state index < -0.39 is 0 Å². The summed E-state index contributed by atoms with van der Waals surface area (Å²) in [6.07, 6.45) is 4.42. The number of nitriles is 1. The molecule has 0 saturated heterocycles. The fraction of sp³-hybridized carbons (Fsp3) is 0.538. The Bertz CT molecular complexity index is 390. The summed E-state index contributed by atoms with van der Waals surface area (Å²) in [5.41, 5.74) is 1.62. The molecule has 1 saturated carbocycles. The average Bonchev–Trinajstić information content (AvgIpc) is 3.13. The average molecular weight is 215 g/mol. The number of pyridine rings is 1. The first kappa shape index (κ1) is 11.1. The molecule has 0 N–H and O–H groups in total. The van der Waals surface area contributed by atoms with E-state index in [1.54, 1.807) is 6.20 Å². The maximum atomic E-state index is 8.97. The Kier molecular flexibility index (Phi) is 3.53. The highest BCUT2D eigenvalue weighted by molar-refractivity contribution is 5.30. The maximum absolute atomic E-state index is 8.97. The molecule has 1 fully saturated rings. The smallest absolute Gasteiger partial charge is 0.144 e. The van der Waals surface area contributed by atoms with E-state index in [1.165, 1.54) is 12.8 Å². The lowest BCUT2D eigenvalue weighted by Crippen LogP contribution is -2.25. The van der Waals surface area contributed by atoms with Crippen molar-refractivity contribution in [1.82, 2.24) is 9.88 Å². The summed E-state index contributed by atoms with van der Waals surface area (Å²) in [4.78, 5) is 6.49. The van der Waals surface area contributed by atoms with Crippen LogP contribution in [0.5, 0.6) is 0 Å². The summed E-state index contributed by atoms with van der Waals surface area (Å²) in [5, 5.41) is 8.97. The Balaban J connectivity index is 2.02. The molecule has 0 aliphatic heterocycles. The first-order valence-corrected chi connectivity index (χ1v) is 5.89. The van der Waals surface area contributed by atoms with Gasteiger partial charge in [-0.15, -0.1) is 0 Å². The maximum Gasteiger partial charge on any atom is 0.144 e. The van der Waals surface area contributed by atoms with E-state index >= 15 is 0 Å². The Labute approximate surface area is 96.7 Å². The zero-order chi connectivity index (χ0) is 11.4. The summed E-state index contributed by atoms with van der Waals surface area (Å²) in [6.45, 7) is 5.22. The number of aromatic nitrogens is 1. The summed E-state index contributed by atoms with van der Waals surface area (Å²) < 4.78 is 0. The van der Waals surface area contributed by atoms with Gasteiger partial charge < -0.3 is 0 Å². The molecule has 2 rings (SSSR count). The van der Waals surface area contributed by atoms with Gasteiger partial charge in [0.15, 0.2) is 0 Å². The second-order valence-electron chi connectivity index (χ2n) is 4.39. The van der Waals surface area contributed by atoms with Gasteiger partial charge in [-0.3, -0.25) is 4.90 Å². The minimum atomic E-state index is 0.566. The molecule has 3 nitrogen and oxygen atoms in total. The summed E-state index contributed by atoms with van der Waals surface area (Å²) in [5.74, 6) is 0.891. The molecule has 1 aliphatic rings. The lowest BCUT2D eigenvalue weighted by atomic mass is 10.2. The summed E-state index contributed by atoms with van der Waals surface area (Å²) >= 11 is 0. The fourth-order valence-corrected chi connectivity index (χ4v) is 1.88. The molecule has 0 amide bonds. The van der Waals surface area contributed by atoms with Crippen LogP contribution in [0.2, 0.25) is 0 Å². The van der Waals surface area contributed by atoms with E-state index in [0.717, 1.165) is 31.1 Å². The van der Waals surface area contributed by atoms with Crippen LogP contribution in [0.25, 0.3) is 0 Å². The van der Waals surface area contributed by atoms with Gasteiger partial charge in [-0.1, -0.05) is 13.0 Å². The highest BCUT2D eigenvalue weighted by atomic mass is 15.1. The Morgan fingerprint density at radius 2 is 2.38 bits per heavy atom. The van der Waals surface area contributed by atoms with Crippen LogP contribution in [0.1, 0.15) is 31.0 Å². The number of hydrogen-bond acceptors (Lipinski definition) is 3. The zero-order valence-corrected chi connectivity index (χ0v) is 9.69. The van der Waals surface area contributed by atoms with Crippen molar-refractivity contribution in [1.29, 1.82) is 5.26 Å². The van der Waals surface area contributed by atoms with Crippen molar-refractivity contribution in [2.24, 2.45) is 5.92 Å². The number of nitrogens with zero attached hydrogens (tertiary/aromatic N) is 3. The van der Waals surface area contributed by atoms with Gasteiger partial charge in [-0.2, -0.15) is 5.26 Å². The van der Waals surface area contributed by atoms with Crippen LogP contribution in [-0.4, -0.2) is 23.0 Å². The van der Waals surface area contributed by atoms with Gasteiger partial charge in [-0.05, 0) is 31.4 Å². The second-order valence-corrected chi connectivity index (χ2v) is 4.39. The van der Waals surface area contributed by atoms with Gasteiger partial charge >= 0.3 is 0 Å². The van der Waals surface area contributed by atoms with E-state index in [0.29, 0.717) is 5.69 Å².